The van der Waals surface area contributed by atoms with Crippen LogP contribution in [0, 0.1) is 0 Å². The predicted octanol–water partition coefficient (Wildman–Crippen LogP) is 4.64. The molecule has 0 amide bonds. The molecule has 1 aromatic carbocycles. The van der Waals surface area contributed by atoms with E-state index in [2.05, 4.69) is 32.1 Å². The molecule has 0 aliphatic heterocycles. The Bertz CT molecular complexity index is 477. The van der Waals surface area contributed by atoms with Gasteiger partial charge in [0.1, 0.15) is 5.75 Å². The zero-order valence-electron chi connectivity index (χ0n) is 11.2. The maximum Gasteiger partial charge on any atom is 0.387 e. The van der Waals surface area contributed by atoms with Crippen LogP contribution in [0.4, 0.5) is 8.78 Å². The number of ether oxygens (including phenoxy) is 1. The van der Waals surface area contributed by atoms with Gasteiger partial charge in [-0.15, -0.1) is 0 Å². The van der Waals surface area contributed by atoms with Crippen molar-refractivity contribution in [3.05, 3.63) is 39.9 Å². The first kappa shape index (κ1) is 15.4. The summed E-state index contributed by atoms with van der Waals surface area (Å²) >= 11 is 3.35. The molecule has 0 saturated heterocycles. The van der Waals surface area contributed by atoms with Crippen molar-refractivity contribution in [2.45, 2.75) is 38.8 Å². The lowest BCUT2D eigenvalue weighted by Gasteiger charge is -2.12. The van der Waals surface area contributed by atoms with Crippen molar-refractivity contribution >= 4 is 15.9 Å². The number of rotatable bonds is 7. The Balaban J connectivity index is 1.85. The highest BCUT2D eigenvalue weighted by Gasteiger charge is 2.10. The molecule has 110 valence electrons. The molecule has 2 nitrogen and oxygen atoms in total. The van der Waals surface area contributed by atoms with Crippen LogP contribution >= 0.6 is 15.9 Å². The van der Waals surface area contributed by atoms with E-state index < -0.39 is 6.61 Å². The zero-order valence-corrected chi connectivity index (χ0v) is 12.8. The summed E-state index contributed by atoms with van der Waals surface area (Å²) in [7, 11) is 0. The monoisotopic (exact) mass is 345 g/mol. The Morgan fingerprint density at radius 1 is 1.35 bits per heavy atom. The first-order chi connectivity index (χ1) is 9.65. The van der Waals surface area contributed by atoms with E-state index in [1.165, 1.54) is 24.8 Å². The molecule has 0 heterocycles. The molecule has 0 aromatic heterocycles. The van der Waals surface area contributed by atoms with Gasteiger partial charge >= 0.3 is 6.61 Å². The molecular formula is C15H18BrF2NO. The lowest BCUT2D eigenvalue weighted by molar-refractivity contribution is -0.0505. The van der Waals surface area contributed by atoms with Crippen LogP contribution in [0.25, 0.3) is 0 Å². The van der Waals surface area contributed by atoms with E-state index in [4.69, 9.17) is 0 Å². The van der Waals surface area contributed by atoms with Crippen LogP contribution in [-0.4, -0.2) is 13.2 Å². The molecule has 0 bridgehead atoms. The Labute approximate surface area is 126 Å². The summed E-state index contributed by atoms with van der Waals surface area (Å²) in [5.41, 5.74) is 2.23. The standard InChI is InChI=1S/C15H18BrF2NO/c16-13-5-6-14(20-15(17)18)12(9-13)10-19-8-7-11-3-1-2-4-11/h3,5-6,9,15,19H,1-2,4,7-8,10H2. The number of hydrogen-bond donors (Lipinski definition) is 1. The smallest absolute Gasteiger partial charge is 0.387 e. The highest BCUT2D eigenvalue weighted by atomic mass is 79.9. The third-order valence-corrected chi connectivity index (χ3v) is 3.81. The van der Waals surface area contributed by atoms with Gasteiger partial charge < -0.3 is 10.1 Å². The van der Waals surface area contributed by atoms with E-state index in [0.717, 1.165) is 23.0 Å². The number of allylic oxidation sites excluding steroid dienone is 1. The Morgan fingerprint density at radius 2 is 2.20 bits per heavy atom. The third kappa shape index (κ3) is 4.87. The van der Waals surface area contributed by atoms with Gasteiger partial charge in [-0.3, -0.25) is 0 Å². The molecule has 0 fully saturated rings. The van der Waals surface area contributed by atoms with Gasteiger partial charge in [0, 0.05) is 16.6 Å². The minimum atomic E-state index is -2.79. The van der Waals surface area contributed by atoms with E-state index in [1.54, 1.807) is 18.2 Å². The molecule has 1 aromatic rings. The predicted molar refractivity (Wildman–Crippen MR) is 79.0 cm³/mol. The fourth-order valence-corrected chi connectivity index (χ4v) is 2.74. The maximum atomic E-state index is 12.3. The van der Waals surface area contributed by atoms with E-state index in [9.17, 15) is 8.78 Å². The lowest BCUT2D eigenvalue weighted by atomic mass is 10.1. The second-order valence-electron chi connectivity index (χ2n) is 4.81. The average Bonchev–Trinajstić information content (AvgIpc) is 2.90. The normalized spacial score (nSPS) is 14.7. The molecule has 0 radical (unpaired) electrons. The summed E-state index contributed by atoms with van der Waals surface area (Å²) in [6.45, 7) is -1.42. The molecule has 1 aliphatic rings. The van der Waals surface area contributed by atoms with Gasteiger partial charge in [-0.1, -0.05) is 27.6 Å². The maximum absolute atomic E-state index is 12.3. The third-order valence-electron chi connectivity index (χ3n) is 3.31. The second kappa shape index (κ2) is 7.74. The fourth-order valence-electron chi connectivity index (χ4n) is 2.33. The first-order valence-corrected chi connectivity index (χ1v) is 7.56. The van der Waals surface area contributed by atoms with Crippen LogP contribution in [-0.2, 0) is 6.54 Å². The molecule has 0 unspecified atom stereocenters. The highest BCUT2D eigenvalue weighted by molar-refractivity contribution is 9.10. The molecule has 1 N–H and O–H groups in total. The topological polar surface area (TPSA) is 21.3 Å². The number of alkyl halides is 2. The molecule has 0 saturated carbocycles. The Morgan fingerprint density at radius 3 is 2.90 bits per heavy atom. The van der Waals surface area contributed by atoms with Crippen LogP contribution in [0.1, 0.15) is 31.2 Å². The van der Waals surface area contributed by atoms with E-state index >= 15 is 0 Å². The number of hydrogen-bond acceptors (Lipinski definition) is 2. The van der Waals surface area contributed by atoms with Crippen LogP contribution in [0.2, 0.25) is 0 Å². The van der Waals surface area contributed by atoms with Crippen LogP contribution < -0.4 is 10.1 Å². The fraction of sp³-hybridized carbons (Fsp3) is 0.467. The van der Waals surface area contributed by atoms with Gasteiger partial charge in [0.05, 0.1) is 0 Å². The zero-order chi connectivity index (χ0) is 14.4. The number of benzene rings is 1. The molecular weight excluding hydrogens is 328 g/mol. The van der Waals surface area contributed by atoms with Gasteiger partial charge in [-0.25, -0.2) is 0 Å². The van der Waals surface area contributed by atoms with Gasteiger partial charge in [-0.05, 0) is 50.4 Å². The summed E-state index contributed by atoms with van der Waals surface area (Å²) in [6, 6.07) is 5.07. The first-order valence-electron chi connectivity index (χ1n) is 6.77. The number of nitrogens with one attached hydrogen (secondary N) is 1. The van der Waals surface area contributed by atoms with Gasteiger partial charge in [0.2, 0.25) is 0 Å². The molecule has 2 rings (SSSR count). The van der Waals surface area contributed by atoms with Crippen LogP contribution in [0.5, 0.6) is 5.75 Å². The molecule has 5 heteroatoms. The Hall–Kier alpha value is -0.940. The average molecular weight is 346 g/mol. The van der Waals surface area contributed by atoms with E-state index in [0.29, 0.717) is 6.54 Å². The van der Waals surface area contributed by atoms with Crippen molar-refractivity contribution in [3.8, 4) is 5.75 Å². The van der Waals surface area contributed by atoms with E-state index in [-0.39, 0.29) is 5.75 Å². The molecule has 0 atom stereocenters. The summed E-state index contributed by atoms with van der Waals surface area (Å²) in [5.74, 6) is 0.232. The summed E-state index contributed by atoms with van der Waals surface area (Å²) in [6.07, 6.45) is 6.96. The van der Waals surface area contributed by atoms with Crippen molar-refractivity contribution < 1.29 is 13.5 Å². The van der Waals surface area contributed by atoms with Crippen molar-refractivity contribution in [1.82, 2.24) is 5.32 Å². The molecule has 1 aliphatic carbocycles. The molecule has 0 spiro atoms. The van der Waals surface area contributed by atoms with Crippen molar-refractivity contribution in [3.63, 3.8) is 0 Å². The van der Waals surface area contributed by atoms with Gasteiger partial charge in [0.25, 0.3) is 0 Å². The van der Waals surface area contributed by atoms with Crippen molar-refractivity contribution in [2.24, 2.45) is 0 Å². The SMILES string of the molecule is FC(F)Oc1ccc(Br)cc1CNCCC1=CCCC1. The minimum absolute atomic E-state index is 0.232. The summed E-state index contributed by atoms with van der Waals surface area (Å²) in [5, 5.41) is 3.28. The lowest BCUT2D eigenvalue weighted by Crippen LogP contribution is -2.16. The van der Waals surface area contributed by atoms with Crippen LogP contribution in [0.3, 0.4) is 0 Å². The summed E-state index contributed by atoms with van der Waals surface area (Å²) < 4.78 is 30.0. The minimum Gasteiger partial charge on any atom is -0.434 e. The highest BCUT2D eigenvalue weighted by Crippen LogP contribution is 2.25. The number of halogens is 3. The van der Waals surface area contributed by atoms with Gasteiger partial charge in [-0.2, -0.15) is 8.78 Å². The van der Waals surface area contributed by atoms with Gasteiger partial charge in [0.15, 0.2) is 0 Å². The molecule has 20 heavy (non-hydrogen) atoms. The van der Waals surface area contributed by atoms with Crippen molar-refractivity contribution in [1.29, 1.82) is 0 Å². The second-order valence-corrected chi connectivity index (χ2v) is 5.73. The van der Waals surface area contributed by atoms with Crippen LogP contribution in [0.15, 0.2) is 34.3 Å². The summed E-state index contributed by atoms with van der Waals surface area (Å²) in [4.78, 5) is 0. The largest absolute Gasteiger partial charge is 0.434 e. The van der Waals surface area contributed by atoms with E-state index in [1.807, 2.05) is 0 Å². The van der Waals surface area contributed by atoms with Crippen molar-refractivity contribution in [2.75, 3.05) is 6.54 Å². The quantitative estimate of drug-likeness (QED) is 0.574. The Kier molecular flexibility index (Phi) is 5.98.